The first-order valence-electron chi connectivity index (χ1n) is 4.87. The summed E-state index contributed by atoms with van der Waals surface area (Å²) in [4.78, 5) is 10.3. The van der Waals surface area contributed by atoms with Crippen LogP contribution in [-0.2, 0) is 4.79 Å². The topological polar surface area (TPSA) is 29.1 Å². The molecule has 0 unspecified atom stereocenters. The Morgan fingerprint density at radius 1 is 1.33 bits per heavy atom. The standard InChI is InChI=1S/C11H11F2NO/c12-7-1-2-8(10(13)5-7)9-3-4-11(9)14-6-15/h1-2,5-6,9,11H,3-4H2,(H,14,15)/t9-,11-/m0/s1. The Morgan fingerprint density at radius 3 is 2.67 bits per heavy atom. The zero-order valence-electron chi connectivity index (χ0n) is 8.04. The van der Waals surface area contributed by atoms with E-state index in [-0.39, 0.29) is 12.0 Å². The lowest BCUT2D eigenvalue weighted by atomic mass is 9.75. The highest BCUT2D eigenvalue weighted by Crippen LogP contribution is 2.37. The molecule has 1 aromatic carbocycles. The molecule has 0 saturated heterocycles. The van der Waals surface area contributed by atoms with E-state index in [9.17, 15) is 13.6 Å². The van der Waals surface area contributed by atoms with E-state index in [1.54, 1.807) is 0 Å². The minimum Gasteiger partial charge on any atom is -0.355 e. The molecule has 1 aliphatic rings. The fourth-order valence-corrected chi connectivity index (χ4v) is 1.96. The maximum Gasteiger partial charge on any atom is 0.207 e. The fraction of sp³-hybridized carbons (Fsp3) is 0.364. The summed E-state index contributed by atoms with van der Waals surface area (Å²) in [5.74, 6) is -1.12. The molecule has 0 spiro atoms. The van der Waals surface area contributed by atoms with Crippen molar-refractivity contribution in [2.24, 2.45) is 0 Å². The number of carbonyl (C=O) groups is 1. The highest BCUT2D eigenvalue weighted by Gasteiger charge is 2.33. The molecule has 1 amide bonds. The number of carbonyl (C=O) groups excluding carboxylic acids is 1. The van der Waals surface area contributed by atoms with Crippen LogP contribution in [0.5, 0.6) is 0 Å². The van der Waals surface area contributed by atoms with E-state index in [1.807, 2.05) is 0 Å². The van der Waals surface area contributed by atoms with E-state index in [0.717, 1.165) is 18.9 Å². The lowest BCUT2D eigenvalue weighted by Gasteiger charge is -2.36. The van der Waals surface area contributed by atoms with Crippen LogP contribution in [0, 0.1) is 11.6 Å². The summed E-state index contributed by atoms with van der Waals surface area (Å²) in [6.07, 6.45) is 2.30. The maximum atomic E-state index is 13.4. The second-order valence-corrected chi connectivity index (χ2v) is 3.74. The number of rotatable bonds is 3. The summed E-state index contributed by atoms with van der Waals surface area (Å²) in [6, 6.07) is 3.57. The highest BCUT2D eigenvalue weighted by atomic mass is 19.1. The van der Waals surface area contributed by atoms with Crippen molar-refractivity contribution < 1.29 is 13.6 Å². The molecule has 1 saturated carbocycles. The zero-order valence-corrected chi connectivity index (χ0v) is 8.04. The van der Waals surface area contributed by atoms with Crippen molar-refractivity contribution in [3.05, 3.63) is 35.4 Å². The second-order valence-electron chi connectivity index (χ2n) is 3.74. The molecule has 1 N–H and O–H groups in total. The van der Waals surface area contributed by atoms with Crippen molar-refractivity contribution in [1.29, 1.82) is 0 Å². The molecule has 2 nitrogen and oxygen atoms in total. The highest BCUT2D eigenvalue weighted by molar-refractivity contribution is 5.48. The molecule has 15 heavy (non-hydrogen) atoms. The summed E-state index contributed by atoms with van der Waals surface area (Å²) in [5, 5.41) is 2.63. The van der Waals surface area contributed by atoms with Crippen LogP contribution in [0.25, 0.3) is 0 Å². The van der Waals surface area contributed by atoms with Gasteiger partial charge in [0, 0.05) is 18.0 Å². The number of hydrogen-bond acceptors (Lipinski definition) is 1. The van der Waals surface area contributed by atoms with Crippen LogP contribution in [0.4, 0.5) is 8.78 Å². The smallest absolute Gasteiger partial charge is 0.207 e. The first-order valence-corrected chi connectivity index (χ1v) is 4.87. The van der Waals surface area contributed by atoms with Gasteiger partial charge in [0.15, 0.2) is 0 Å². The van der Waals surface area contributed by atoms with Gasteiger partial charge in [0.25, 0.3) is 0 Å². The molecule has 1 aliphatic carbocycles. The molecular weight excluding hydrogens is 200 g/mol. The van der Waals surface area contributed by atoms with Crippen LogP contribution in [0.1, 0.15) is 24.3 Å². The summed E-state index contributed by atoms with van der Waals surface area (Å²) in [6.45, 7) is 0. The maximum absolute atomic E-state index is 13.4. The Hall–Kier alpha value is -1.45. The van der Waals surface area contributed by atoms with Crippen molar-refractivity contribution in [3.8, 4) is 0 Å². The summed E-state index contributed by atoms with van der Waals surface area (Å²) >= 11 is 0. The molecule has 2 rings (SSSR count). The van der Waals surface area contributed by atoms with Gasteiger partial charge in [-0.25, -0.2) is 8.78 Å². The molecule has 0 bridgehead atoms. The molecule has 4 heteroatoms. The summed E-state index contributed by atoms with van der Waals surface area (Å²) < 4.78 is 26.0. The molecule has 1 fully saturated rings. The third kappa shape index (κ3) is 1.84. The third-order valence-corrected chi connectivity index (χ3v) is 2.92. The van der Waals surface area contributed by atoms with Gasteiger partial charge in [-0.05, 0) is 24.5 Å². The monoisotopic (exact) mass is 211 g/mol. The van der Waals surface area contributed by atoms with Gasteiger partial charge in [-0.15, -0.1) is 0 Å². The molecule has 80 valence electrons. The normalized spacial score (nSPS) is 24.4. The third-order valence-electron chi connectivity index (χ3n) is 2.92. The van der Waals surface area contributed by atoms with Crippen LogP contribution in [0.3, 0.4) is 0 Å². The lowest BCUT2D eigenvalue weighted by Crippen LogP contribution is -2.41. The van der Waals surface area contributed by atoms with Gasteiger partial charge in [-0.3, -0.25) is 4.79 Å². The second kappa shape index (κ2) is 3.96. The van der Waals surface area contributed by atoms with E-state index >= 15 is 0 Å². The number of hydrogen-bond donors (Lipinski definition) is 1. The molecule has 1 aromatic rings. The minimum atomic E-state index is -0.574. The zero-order chi connectivity index (χ0) is 10.8. The van der Waals surface area contributed by atoms with Crippen LogP contribution in [-0.4, -0.2) is 12.5 Å². The van der Waals surface area contributed by atoms with Gasteiger partial charge >= 0.3 is 0 Å². The van der Waals surface area contributed by atoms with Crippen LogP contribution in [0.2, 0.25) is 0 Å². The Kier molecular flexibility index (Phi) is 2.66. The van der Waals surface area contributed by atoms with Gasteiger partial charge < -0.3 is 5.32 Å². The number of benzene rings is 1. The van der Waals surface area contributed by atoms with Gasteiger partial charge in [0.2, 0.25) is 6.41 Å². The first-order chi connectivity index (χ1) is 7.22. The van der Waals surface area contributed by atoms with Crippen molar-refractivity contribution in [2.75, 3.05) is 0 Å². The van der Waals surface area contributed by atoms with E-state index < -0.39 is 11.6 Å². The van der Waals surface area contributed by atoms with Gasteiger partial charge in [0.1, 0.15) is 11.6 Å². The van der Waals surface area contributed by atoms with E-state index in [1.165, 1.54) is 12.1 Å². The summed E-state index contributed by atoms with van der Waals surface area (Å²) in [7, 11) is 0. The molecular formula is C11H11F2NO. The Balaban J connectivity index is 2.19. The largest absolute Gasteiger partial charge is 0.355 e. The molecule has 0 radical (unpaired) electrons. The predicted octanol–water partition coefficient (Wildman–Crippen LogP) is 1.96. The van der Waals surface area contributed by atoms with Crippen LogP contribution >= 0.6 is 0 Å². The molecule has 0 aliphatic heterocycles. The van der Waals surface area contributed by atoms with Gasteiger partial charge in [-0.1, -0.05) is 6.07 Å². The quantitative estimate of drug-likeness (QED) is 0.761. The van der Waals surface area contributed by atoms with Crippen molar-refractivity contribution in [2.45, 2.75) is 24.8 Å². The Bertz CT molecular complexity index is 381. The van der Waals surface area contributed by atoms with Gasteiger partial charge in [0.05, 0.1) is 0 Å². The first kappa shape index (κ1) is 10.1. The molecule has 0 heterocycles. The van der Waals surface area contributed by atoms with Crippen molar-refractivity contribution in [3.63, 3.8) is 0 Å². The number of halogens is 2. The SMILES string of the molecule is O=CN[C@H]1CC[C@H]1c1ccc(F)cc1F. The minimum absolute atomic E-state index is 0.0116. The van der Waals surface area contributed by atoms with Crippen LogP contribution in [0.15, 0.2) is 18.2 Å². The van der Waals surface area contributed by atoms with E-state index in [4.69, 9.17) is 0 Å². The lowest BCUT2D eigenvalue weighted by molar-refractivity contribution is -0.110. The van der Waals surface area contributed by atoms with E-state index in [2.05, 4.69) is 5.32 Å². The molecule has 0 aromatic heterocycles. The average Bonchev–Trinajstić information content (AvgIpc) is 2.17. The van der Waals surface area contributed by atoms with E-state index in [0.29, 0.717) is 12.0 Å². The predicted molar refractivity (Wildman–Crippen MR) is 51.3 cm³/mol. The summed E-state index contributed by atoms with van der Waals surface area (Å²) in [5.41, 5.74) is 0.488. The fourth-order valence-electron chi connectivity index (χ4n) is 1.96. The van der Waals surface area contributed by atoms with Gasteiger partial charge in [-0.2, -0.15) is 0 Å². The Labute approximate surface area is 86.3 Å². The number of amides is 1. The number of nitrogens with one attached hydrogen (secondary N) is 1. The van der Waals surface area contributed by atoms with Crippen molar-refractivity contribution >= 4 is 6.41 Å². The Morgan fingerprint density at radius 2 is 2.13 bits per heavy atom. The molecule has 2 atom stereocenters. The van der Waals surface area contributed by atoms with Crippen molar-refractivity contribution in [1.82, 2.24) is 5.32 Å². The van der Waals surface area contributed by atoms with Crippen LogP contribution < -0.4 is 5.32 Å². The average molecular weight is 211 g/mol.